The Labute approximate surface area is 162 Å². The third-order valence-corrected chi connectivity index (χ3v) is 3.79. The maximum atomic E-state index is 13.1. The molecule has 5 N–H and O–H groups in total. The second kappa shape index (κ2) is 11.6. The third kappa shape index (κ3) is 8.00. The Morgan fingerprint density at radius 1 is 1.37 bits per heavy atom. The van der Waals surface area contributed by atoms with E-state index >= 15 is 0 Å². The van der Waals surface area contributed by atoms with Crippen LogP contribution in [0.3, 0.4) is 0 Å². The number of benzene rings is 1. The monoisotopic (exact) mass is 400 g/mol. The summed E-state index contributed by atoms with van der Waals surface area (Å²) in [4.78, 5) is 12.1. The summed E-state index contributed by atoms with van der Waals surface area (Å²) < 4.78 is 14.5. The minimum Gasteiger partial charge on any atom is -0.427 e. The third-order valence-electron chi connectivity index (χ3n) is 3.79. The van der Waals surface area contributed by atoms with Gasteiger partial charge in [-0.15, -0.1) is 17.5 Å². The van der Waals surface area contributed by atoms with E-state index in [2.05, 4.69) is 20.8 Å². The minimum absolute atomic E-state index is 0. The highest BCUT2D eigenvalue weighted by molar-refractivity contribution is 6.40. The van der Waals surface area contributed by atoms with Crippen molar-refractivity contribution in [3.05, 3.63) is 41.5 Å². The SMILES string of the molecule is Cl.NC(CCCCB(O)O)c1nnnn1CC(=O)NCc1cccc(F)c1. The van der Waals surface area contributed by atoms with Crippen molar-refractivity contribution in [1.82, 2.24) is 25.5 Å². The van der Waals surface area contributed by atoms with E-state index < -0.39 is 13.2 Å². The molecule has 12 heteroatoms. The van der Waals surface area contributed by atoms with Crippen LogP contribution in [0.4, 0.5) is 4.39 Å². The van der Waals surface area contributed by atoms with Crippen molar-refractivity contribution >= 4 is 25.4 Å². The quantitative estimate of drug-likeness (QED) is 0.330. The molecule has 0 aliphatic heterocycles. The molecule has 0 spiro atoms. The Morgan fingerprint density at radius 3 is 2.85 bits per heavy atom. The molecule has 0 saturated carbocycles. The highest BCUT2D eigenvalue weighted by Crippen LogP contribution is 2.15. The van der Waals surface area contributed by atoms with Gasteiger partial charge in [0.15, 0.2) is 5.82 Å². The predicted octanol–water partition coefficient (Wildman–Crippen LogP) is 0.193. The summed E-state index contributed by atoms with van der Waals surface area (Å²) in [6, 6.07) is 5.51. The highest BCUT2D eigenvalue weighted by Gasteiger charge is 2.17. The molecule has 0 radical (unpaired) electrons. The molecule has 0 saturated heterocycles. The van der Waals surface area contributed by atoms with Gasteiger partial charge in [-0.05, 0) is 40.9 Å². The summed E-state index contributed by atoms with van der Waals surface area (Å²) >= 11 is 0. The van der Waals surface area contributed by atoms with Crippen molar-refractivity contribution in [1.29, 1.82) is 0 Å². The van der Waals surface area contributed by atoms with Gasteiger partial charge in [0.25, 0.3) is 0 Å². The molecule has 1 unspecified atom stereocenters. The summed E-state index contributed by atoms with van der Waals surface area (Å²) in [6.07, 6.45) is 2.12. The van der Waals surface area contributed by atoms with E-state index in [-0.39, 0.29) is 43.5 Å². The number of rotatable bonds is 10. The second-order valence-electron chi connectivity index (χ2n) is 5.97. The topological polar surface area (TPSA) is 139 Å². The maximum Gasteiger partial charge on any atom is 0.451 e. The van der Waals surface area contributed by atoms with Crippen LogP contribution in [0.25, 0.3) is 0 Å². The van der Waals surface area contributed by atoms with Gasteiger partial charge in [-0.3, -0.25) is 4.79 Å². The van der Waals surface area contributed by atoms with Crippen LogP contribution in [0, 0.1) is 5.82 Å². The number of amides is 1. The average Bonchev–Trinajstić information content (AvgIpc) is 3.05. The molecule has 1 atom stereocenters. The normalized spacial score (nSPS) is 11.6. The number of halogens is 2. The van der Waals surface area contributed by atoms with E-state index in [4.69, 9.17) is 15.8 Å². The Kier molecular flexibility index (Phi) is 9.87. The van der Waals surface area contributed by atoms with Crippen molar-refractivity contribution in [3.8, 4) is 0 Å². The number of nitrogens with zero attached hydrogens (tertiary/aromatic N) is 4. The molecule has 1 aromatic heterocycles. The number of hydrogen-bond donors (Lipinski definition) is 4. The molecule has 0 fully saturated rings. The molecule has 9 nitrogen and oxygen atoms in total. The lowest BCUT2D eigenvalue weighted by molar-refractivity contribution is -0.122. The molecule has 0 aliphatic rings. The molecule has 148 valence electrons. The molecule has 1 aromatic carbocycles. The molecule has 0 bridgehead atoms. The number of unbranched alkanes of at least 4 members (excludes halogenated alkanes) is 1. The first-order chi connectivity index (χ1) is 12.5. The number of nitrogens with one attached hydrogen (secondary N) is 1. The molecule has 27 heavy (non-hydrogen) atoms. The van der Waals surface area contributed by atoms with Crippen molar-refractivity contribution < 1.29 is 19.2 Å². The van der Waals surface area contributed by atoms with E-state index in [1.165, 1.54) is 16.8 Å². The lowest BCUT2D eigenvalue weighted by Crippen LogP contribution is -2.29. The molecule has 0 aliphatic carbocycles. The zero-order valence-corrected chi connectivity index (χ0v) is 15.5. The molecule has 1 amide bonds. The summed E-state index contributed by atoms with van der Waals surface area (Å²) in [5.41, 5.74) is 6.70. The summed E-state index contributed by atoms with van der Waals surface area (Å²) in [5.74, 6) is -0.298. The molecular formula is C15H23BClFN6O3. The van der Waals surface area contributed by atoms with Crippen LogP contribution in [0.15, 0.2) is 24.3 Å². The largest absolute Gasteiger partial charge is 0.451 e. The Morgan fingerprint density at radius 2 is 2.15 bits per heavy atom. The first-order valence-electron chi connectivity index (χ1n) is 8.34. The van der Waals surface area contributed by atoms with Crippen LogP contribution in [-0.4, -0.2) is 43.3 Å². The van der Waals surface area contributed by atoms with Gasteiger partial charge < -0.3 is 21.1 Å². The van der Waals surface area contributed by atoms with Gasteiger partial charge in [0, 0.05) is 6.54 Å². The van der Waals surface area contributed by atoms with E-state index in [1.54, 1.807) is 12.1 Å². The second-order valence-corrected chi connectivity index (χ2v) is 5.97. The van der Waals surface area contributed by atoms with Crippen molar-refractivity contribution in [2.75, 3.05) is 0 Å². The smallest absolute Gasteiger partial charge is 0.427 e. The van der Waals surface area contributed by atoms with Crippen LogP contribution in [-0.2, 0) is 17.9 Å². The highest BCUT2D eigenvalue weighted by atomic mass is 35.5. The lowest BCUT2D eigenvalue weighted by atomic mass is 9.83. The van der Waals surface area contributed by atoms with Crippen LogP contribution in [0.1, 0.15) is 36.7 Å². The average molecular weight is 401 g/mol. The number of tetrazole rings is 1. The lowest BCUT2D eigenvalue weighted by Gasteiger charge is -2.12. The molecule has 2 rings (SSSR count). The number of hydrogen-bond acceptors (Lipinski definition) is 7. The van der Waals surface area contributed by atoms with Gasteiger partial charge in [-0.25, -0.2) is 9.07 Å². The molecule has 1 heterocycles. The Balaban J connectivity index is 0.00000364. The van der Waals surface area contributed by atoms with Crippen molar-refractivity contribution in [3.63, 3.8) is 0 Å². The predicted molar refractivity (Wildman–Crippen MR) is 99.1 cm³/mol. The van der Waals surface area contributed by atoms with Crippen LogP contribution < -0.4 is 11.1 Å². The van der Waals surface area contributed by atoms with Crippen molar-refractivity contribution in [2.24, 2.45) is 5.73 Å². The zero-order valence-electron chi connectivity index (χ0n) is 14.7. The number of nitrogens with two attached hydrogens (primary N) is 1. The first-order valence-corrected chi connectivity index (χ1v) is 8.34. The Hall–Kier alpha value is -2.08. The molecular weight excluding hydrogens is 377 g/mol. The summed E-state index contributed by atoms with van der Waals surface area (Å²) in [7, 11) is -1.32. The van der Waals surface area contributed by atoms with E-state index in [0.717, 1.165) is 0 Å². The maximum absolute atomic E-state index is 13.1. The summed E-state index contributed by atoms with van der Waals surface area (Å²) in [6.45, 7) is 0.101. The van der Waals surface area contributed by atoms with E-state index in [0.29, 0.717) is 30.7 Å². The number of aromatic nitrogens is 4. The van der Waals surface area contributed by atoms with E-state index in [1.807, 2.05) is 0 Å². The van der Waals surface area contributed by atoms with Gasteiger partial charge in [0.2, 0.25) is 5.91 Å². The standard InChI is InChI=1S/C15H22BFN6O3.ClH/c17-12-5-3-4-11(8-12)9-19-14(24)10-23-15(20-21-22-23)13(18)6-1-2-7-16(25)26;/h3-5,8,13,25-26H,1-2,6-7,9-10,18H2,(H,19,24);1H. The van der Waals surface area contributed by atoms with Gasteiger partial charge in [-0.1, -0.05) is 25.0 Å². The fourth-order valence-corrected chi connectivity index (χ4v) is 2.45. The van der Waals surface area contributed by atoms with Crippen molar-refractivity contribution in [2.45, 2.75) is 44.7 Å². The van der Waals surface area contributed by atoms with Gasteiger partial charge >= 0.3 is 7.12 Å². The first kappa shape index (κ1) is 23.0. The number of carbonyl (C=O) groups is 1. The number of carbonyl (C=O) groups excluding carboxylic acids is 1. The Bertz CT molecular complexity index is 720. The zero-order chi connectivity index (χ0) is 18.9. The minimum atomic E-state index is -1.32. The fraction of sp³-hybridized carbons (Fsp3) is 0.467. The van der Waals surface area contributed by atoms with E-state index in [9.17, 15) is 9.18 Å². The fourth-order valence-electron chi connectivity index (χ4n) is 2.45. The van der Waals surface area contributed by atoms with Gasteiger partial charge in [-0.2, -0.15) is 0 Å². The van der Waals surface area contributed by atoms with Crippen LogP contribution in [0.5, 0.6) is 0 Å². The van der Waals surface area contributed by atoms with Crippen LogP contribution in [0.2, 0.25) is 6.32 Å². The summed E-state index contributed by atoms with van der Waals surface area (Å²) in [5, 5.41) is 31.5. The van der Waals surface area contributed by atoms with Gasteiger partial charge in [0.05, 0.1) is 6.04 Å². The van der Waals surface area contributed by atoms with Crippen LogP contribution >= 0.6 is 12.4 Å². The molecule has 2 aromatic rings. The van der Waals surface area contributed by atoms with Gasteiger partial charge in [0.1, 0.15) is 12.4 Å².